The van der Waals surface area contributed by atoms with Crippen molar-refractivity contribution in [3.63, 3.8) is 0 Å². The molecule has 1 saturated heterocycles. The number of fused-ring (bicyclic) bond motifs is 1. The van der Waals surface area contributed by atoms with Gasteiger partial charge in [0.05, 0.1) is 14.8 Å². The molecule has 0 saturated carbocycles. The number of nitro benzene ring substituents is 1. The molecule has 4 rings (SSSR count). The van der Waals surface area contributed by atoms with E-state index in [9.17, 15) is 28.1 Å². The molecule has 1 fully saturated rings. The molecule has 1 aliphatic rings. The van der Waals surface area contributed by atoms with E-state index >= 15 is 0 Å². The number of carbonyl (C=O) groups excluding carboxylic acids is 2. The summed E-state index contributed by atoms with van der Waals surface area (Å²) in [5.74, 6) is -0.598. The van der Waals surface area contributed by atoms with Crippen molar-refractivity contribution in [1.29, 1.82) is 0 Å². The molecular weight excluding hydrogens is 504 g/mol. The number of thiophene rings is 1. The molecule has 0 bridgehead atoms. The van der Waals surface area contributed by atoms with Crippen LogP contribution in [-0.2, 0) is 14.8 Å². The summed E-state index contributed by atoms with van der Waals surface area (Å²) in [5, 5.41) is 14.4. The van der Waals surface area contributed by atoms with Crippen LogP contribution < -0.4 is 5.32 Å². The summed E-state index contributed by atoms with van der Waals surface area (Å²) in [6.45, 7) is 1.92. The van der Waals surface area contributed by atoms with Crippen LogP contribution >= 0.6 is 22.9 Å². The molecule has 1 N–H and O–H groups in total. The molecule has 0 aliphatic carbocycles. The van der Waals surface area contributed by atoms with E-state index in [0.717, 1.165) is 11.3 Å². The van der Waals surface area contributed by atoms with Crippen LogP contribution in [0, 0.1) is 10.1 Å². The first kappa shape index (κ1) is 24.1. The maximum absolute atomic E-state index is 13.1. The Morgan fingerprint density at radius 1 is 1.09 bits per heavy atom. The van der Waals surface area contributed by atoms with Crippen molar-refractivity contribution >= 4 is 66.2 Å². The van der Waals surface area contributed by atoms with Gasteiger partial charge in [0.15, 0.2) is 0 Å². The molecule has 0 radical (unpaired) electrons. The van der Waals surface area contributed by atoms with Crippen molar-refractivity contribution in [2.24, 2.45) is 0 Å². The van der Waals surface area contributed by atoms with Crippen LogP contribution in [0.2, 0.25) is 5.02 Å². The van der Waals surface area contributed by atoms with Crippen LogP contribution in [0.25, 0.3) is 10.1 Å². The van der Waals surface area contributed by atoms with Gasteiger partial charge in [0.1, 0.15) is 4.88 Å². The fourth-order valence-electron chi connectivity index (χ4n) is 3.64. The van der Waals surface area contributed by atoms with E-state index in [2.05, 4.69) is 5.32 Å². The second kappa shape index (κ2) is 9.29. The monoisotopic (exact) mass is 522 g/mol. The van der Waals surface area contributed by atoms with Crippen molar-refractivity contribution in [2.45, 2.75) is 11.8 Å². The van der Waals surface area contributed by atoms with Gasteiger partial charge in [-0.1, -0.05) is 11.6 Å². The van der Waals surface area contributed by atoms with E-state index in [1.807, 2.05) is 0 Å². The van der Waals surface area contributed by atoms with E-state index < -0.39 is 14.9 Å². The summed E-state index contributed by atoms with van der Waals surface area (Å²) in [6.07, 6.45) is 0. The van der Waals surface area contributed by atoms with Gasteiger partial charge in [-0.05, 0) is 30.3 Å². The number of anilines is 1. The maximum Gasteiger partial charge on any atom is 0.270 e. The number of nitrogens with zero attached hydrogens (tertiary/aromatic N) is 3. The number of hydrogen-bond donors (Lipinski definition) is 1. The lowest BCUT2D eigenvalue weighted by atomic mass is 10.2. The van der Waals surface area contributed by atoms with Crippen molar-refractivity contribution in [2.75, 3.05) is 31.5 Å². The highest BCUT2D eigenvalue weighted by molar-refractivity contribution is 7.89. The van der Waals surface area contributed by atoms with Crippen molar-refractivity contribution in [3.8, 4) is 0 Å². The molecular formula is C21H19ClN4O6S2. The molecule has 0 unspecified atom stereocenters. The largest absolute Gasteiger partial charge is 0.335 e. The van der Waals surface area contributed by atoms with Gasteiger partial charge in [-0.25, -0.2) is 8.42 Å². The molecule has 2 heterocycles. The average molecular weight is 523 g/mol. The molecule has 2 aromatic carbocycles. The van der Waals surface area contributed by atoms with Gasteiger partial charge in [0.2, 0.25) is 15.9 Å². The van der Waals surface area contributed by atoms with Gasteiger partial charge in [0, 0.05) is 61.0 Å². The molecule has 34 heavy (non-hydrogen) atoms. The van der Waals surface area contributed by atoms with Crippen LogP contribution in [0.1, 0.15) is 16.6 Å². The molecule has 0 atom stereocenters. The van der Waals surface area contributed by atoms with Gasteiger partial charge in [0.25, 0.3) is 11.6 Å². The number of halogens is 1. The van der Waals surface area contributed by atoms with Gasteiger partial charge >= 0.3 is 0 Å². The molecule has 178 valence electrons. The number of piperazine rings is 1. The van der Waals surface area contributed by atoms with Gasteiger partial charge in [-0.2, -0.15) is 4.31 Å². The molecule has 0 spiro atoms. The number of nitro groups is 1. The Morgan fingerprint density at radius 2 is 1.74 bits per heavy atom. The van der Waals surface area contributed by atoms with Gasteiger partial charge < -0.3 is 10.2 Å². The fraction of sp³-hybridized carbons (Fsp3) is 0.238. The average Bonchev–Trinajstić information content (AvgIpc) is 3.14. The van der Waals surface area contributed by atoms with Gasteiger partial charge in [-0.15, -0.1) is 11.3 Å². The van der Waals surface area contributed by atoms with E-state index in [1.54, 1.807) is 0 Å². The van der Waals surface area contributed by atoms with Gasteiger partial charge in [-0.3, -0.25) is 19.7 Å². The Labute approximate surface area is 203 Å². The van der Waals surface area contributed by atoms with Crippen LogP contribution in [-0.4, -0.2) is 60.5 Å². The zero-order valence-corrected chi connectivity index (χ0v) is 20.2. The number of nitrogens with one attached hydrogen (secondary N) is 1. The Kier molecular flexibility index (Phi) is 6.58. The summed E-state index contributed by atoms with van der Waals surface area (Å²) >= 11 is 7.47. The smallest absolute Gasteiger partial charge is 0.270 e. The first-order valence-electron chi connectivity index (χ1n) is 10.1. The van der Waals surface area contributed by atoms with Crippen LogP contribution in [0.5, 0.6) is 0 Å². The third-order valence-corrected chi connectivity index (χ3v) is 8.91. The number of amides is 2. The predicted molar refractivity (Wildman–Crippen MR) is 129 cm³/mol. The summed E-state index contributed by atoms with van der Waals surface area (Å²) in [5.41, 5.74) is 0.403. The minimum absolute atomic E-state index is 0.0895. The zero-order chi connectivity index (χ0) is 24.6. The predicted octanol–water partition coefficient (Wildman–Crippen LogP) is 3.57. The van der Waals surface area contributed by atoms with Crippen molar-refractivity contribution in [1.82, 2.24) is 9.21 Å². The number of carbonyl (C=O) groups is 2. The lowest BCUT2D eigenvalue weighted by molar-refractivity contribution is -0.384. The van der Waals surface area contributed by atoms with Crippen LogP contribution in [0.15, 0.2) is 47.4 Å². The van der Waals surface area contributed by atoms with Crippen LogP contribution in [0.3, 0.4) is 0 Å². The second-order valence-corrected chi connectivity index (χ2v) is 11.0. The minimum atomic E-state index is -3.77. The summed E-state index contributed by atoms with van der Waals surface area (Å²) < 4.78 is 27.8. The Balaban J connectivity index is 1.47. The van der Waals surface area contributed by atoms with E-state index in [-0.39, 0.29) is 58.5 Å². The normalized spacial score (nSPS) is 14.8. The summed E-state index contributed by atoms with van der Waals surface area (Å²) in [7, 11) is -3.77. The quantitative estimate of drug-likeness (QED) is 0.402. The minimum Gasteiger partial charge on any atom is -0.335 e. The van der Waals surface area contributed by atoms with E-state index in [4.69, 9.17) is 11.6 Å². The summed E-state index contributed by atoms with van der Waals surface area (Å²) in [6, 6.07) is 10.1. The Bertz CT molecular complexity index is 1400. The highest BCUT2D eigenvalue weighted by Crippen LogP contribution is 2.38. The van der Waals surface area contributed by atoms with E-state index in [0.29, 0.717) is 15.8 Å². The highest BCUT2D eigenvalue weighted by atomic mass is 35.5. The Hall–Kier alpha value is -3.06. The number of benzene rings is 2. The van der Waals surface area contributed by atoms with Crippen LogP contribution in [0.4, 0.5) is 11.4 Å². The lowest BCUT2D eigenvalue weighted by Crippen LogP contribution is -2.50. The first-order chi connectivity index (χ1) is 16.1. The zero-order valence-electron chi connectivity index (χ0n) is 17.9. The highest BCUT2D eigenvalue weighted by Gasteiger charge is 2.32. The molecule has 1 aliphatic heterocycles. The lowest BCUT2D eigenvalue weighted by Gasteiger charge is -2.33. The topological polar surface area (TPSA) is 130 Å². The number of non-ortho nitro benzene ring substituents is 1. The standard InChI is InChI=1S/C21H19ClN4O6S2/c1-13(27)23-14-2-5-16(6-3-14)34(31,32)25-10-8-24(9-11-25)21(28)20-19(22)17-7-4-15(26(29)30)12-18(17)33-20/h2-7,12H,8-11H2,1H3,(H,23,27). The molecule has 3 aromatic rings. The van der Waals surface area contributed by atoms with Crippen molar-refractivity contribution in [3.05, 3.63) is 62.5 Å². The SMILES string of the molecule is CC(=O)Nc1ccc(S(=O)(=O)N2CCN(C(=O)c3sc4cc([N+](=O)[O-])ccc4c3Cl)CC2)cc1. The Morgan fingerprint density at radius 3 is 2.32 bits per heavy atom. The van der Waals surface area contributed by atoms with E-state index in [1.165, 1.54) is 58.6 Å². The molecule has 10 nitrogen and oxygen atoms in total. The third-order valence-electron chi connectivity index (χ3n) is 5.36. The van der Waals surface area contributed by atoms with Crippen molar-refractivity contribution < 1.29 is 22.9 Å². The number of hydrogen-bond acceptors (Lipinski definition) is 7. The maximum atomic E-state index is 13.1. The summed E-state index contributed by atoms with van der Waals surface area (Å²) in [4.78, 5) is 36.6. The molecule has 2 amide bonds. The third kappa shape index (κ3) is 4.62. The fourth-order valence-corrected chi connectivity index (χ4v) is 6.58. The number of rotatable bonds is 5. The first-order valence-corrected chi connectivity index (χ1v) is 12.7. The molecule has 13 heteroatoms. The molecule has 1 aromatic heterocycles. The number of sulfonamides is 1. The second-order valence-electron chi connectivity index (χ2n) is 7.58.